The fraction of sp³-hybridized carbons (Fsp3) is 0.655. The van der Waals surface area contributed by atoms with E-state index in [0.29, 0.717) is 0 Å². The minimum Gasteiger partial charge on any atom is -0.494 e. The average molecular weight is 437 g/mol. The first kappa shape index (κ1) is 24.7. The maximum absolute atomic E-state index is 6.03. The Balaban J connectivity index is 1.39. The van der Waals surface area contributed by atoms with Crippen LogP contribution in [-0.4, -0.2) is 16.6 Å². The summed E-state index contributed by atoms with van der Waals surface area (Å²) in [5, 5.41) is 0. The molecular weight excluding hydrogens is 392 g/mol. The van der Waals surface area contributed by atoms with E-state index in [2.05, 4.69) is 48.1 Å². The predicted molar refractivity (Wildman–Crippen MR) is 135 cm³/mol. The van der Waals surface area contributed by atoms with Gasteiger partial charge in [-0.2, -0.15) is 0 Å². The Morgan fingerprint density at radius 1 is 0.781 bits per heavy atom. The SMILES string of the molecule is CCCCCCCc1cnc(-c2ccc(OCCCC3CCCCC3CCC)cc2)nc1. The summed E-state index contributed by atoms with van der Waals surface area (Å²) in [5.41, 5.74) is 2.29. The van der Waals surface area contributed by atoms with Gasteiger partial charge in [0.15, 0.2) is 5.82 Å². The fourth-order valence-electron chi connectivity index (χ4n) is 5.22. The molecule has 2 atom stereocenters. The lowest BCUT2D eigenvalue weighted by Crippen LogP contribution is -2.20. The van der Waals surface area contributed by atoms with Crippen LogP contribution in [0.4, 0.5) is 0 Å². The molecule has 3 rings (SSSR count). The van der Waals surface area contributed by atoms with E-state index in [-0.39, 0.29) is 0 Å². The standard InChI is InChI=1S/C29H44N2O/c1-3-5-6-7-8-13-24-22-30-29(31-23-24)27-17-19-28(20-18-27)32-21-11-16-26-15-10-9-14-25(26)12-4-2/h17-20,22-23,25-26H,3-16,21H2,1-2H3. The topological polar surface area (TPSA) is 35.0 Å². The molecule has 32 heavy (non-hydrogen) atoms. The van der Waals surface area contributed by atoms with Crippen molar-refractivity contribution < 1.29 is 4.74 Å². The number of rotatable bonds is 14. The van der Waals surface area contributed by atoms with Crippen molar-refractivity contribution in [3.63, 3.8) is 0 Å². The molecule has 3 heteroatoms. The molecule has 1 heterocycles. The molecule has 1 aliphatic carbocycles. The zero-order valence-corrected chi connectivity index (χ0v) is 20.5. The Bertz CT molecular complexity index is 739. The van der Waals surface area contributed by atoms with Crippen LogP contribution in [0.2, 0.25) is 0 Å². The molecule has 0 spiro atoms. The second kappa shape index (κ2) is 14.3. The Labute approximate surface area is 196 Å². The smallest absolute Gasteiger partial charge is 0.159 e. The van der Waals surface area contributed by atoms with Crippen LogP contribution >= 0.6 is 0 Å². The van der Waals surface area contributed by atoms with Crippen LogP contribution in [0.1, 0.15) is 103 Å². The highest BCUT2D eigenvalue weighted by Crippen LogP contribution is 2.36. The molecule has 3 nitrogen and oxygen atoms in total. The molecule has 0 radical (unpaired) electrons. The van der Waals surface area contributed by atoms with E-state index in [9.17, 15) is 0 Å². The first-order chi connectivity index (χ1) is 15.8. The molecule has 0 bridgehead atoms. The number of unbranched alkanes of at least 4 members (excludes halogenated alkanes) is 4. The minimum atomic E-state index is 0.797. The normalized spacial score (nSPS) is 18.6. The zero-order chi connectivity index (χ0) is 22.4. The van der Waals surface area contributed by atoms with Crippen molar-refractivity contribution in [3.05, 3.63) is 42.2 Å². The third-order valence-corrected chi connectivity index (χ3v) is 7.10. The van der Waals surface area contributed by atoms with Crippen LogP contribution < -0.4 is 4.74 Å². The van der Waals surface area contributed by atoms with Crippen molar-refractivity contribution in [1.29, 1.82) is 0 Å². The first-order valence-electron chi connectivity index (χ1n) is 13.3. The number of ether oxygens (including phenoxy) is 1. The maximum atomic E-state index is 6.03. The van der Waals surface area contributed by atoms with Gasteiger partial charge in [0, 0.05) is 18.0 Å². The van der Waals surface area contributed by atoms with Crippen molar-refractivity contribution in [2.24, 2.45) is 11.8 Å². The Morgan fingerprint density at radius 3 is 2.16 bits per heavy atom. The number of aromatic nitrogens is 2. The Morgan fingerprint density at radius 2 is 1.47 bits per heavy atom. The Kier molecular flexibility index (Phi) is 11.0. The number of hydrogen-bond donors (Lipinski definition) is 0. The van der Waals surface area contributed by atoms with Crippen LogP contribution in [0.5, 0.6) is 5.75 Å². The monoisotopic (exact) mass is 436 g/mol. The van der Waals surface area contributed by atoms with Crippen LogP contribution in [0.15, 0.2) is 36.7 Å². The molecule has 1 fully saturated rings. The Hall–Kier alpha value is -1.90. The molecule has 1 aliphatic rings. The fourth-order valence-corrected chi connectivity index (χ4v) is 5.22. The summed E-state index contributed by atoms with van der Waals surface area (Å²) in [6, 6.07) is 8.27. The van der Waals surface area contributed by atoms with Crippen LogP contribution in [0, 0.1) is 11.8 Å². The molecule has 0 amide bonds. The summed E-state index contributed by atoms with van der Waals surface area (Å²) in [7, 11) is 0. The van der Waals surface area contributed by atoms with E-state index in [1.165, 1.54) is 82.6 Å². The van der Waals surface area contributed by atoms with E-state index in [1.54, 1.807) is 0 Å². The highest BCUT2D eigenvalue weighted by atomic mass is 16.5. The van der Waals surface area contributed by atoms with Gasteiger partial charge >= 0.3 is 0 Å². The first-order valence-corrected chi connectivity index (χ1v) is 13.3. The third kappa shape index (κ3) is 8.22. The third-order valence-electron chi connectivity index (χ3n) is 7.10. The van der Waals surface area contributed by atoms with Crippen molar-refractivity contribution in [3.8, 4) is 17.1 Å². The van der Waals surface area contributed by atoms with Gasteiger partial charge in [0.25, 0.3) is 0 Å². The van der Waals surface area contributed by atoms with Crippen molar-refractivity contribution in [2.75, 3.05) is 6.61 Å². The molecule has 1 aromatic heterocycles. The van der Waals surface area contributed by atoms with E-state index >= 15 is 0 Å². The molecular formula is C29H44N2O. The molecule has 1 aromatic carbocycles. The van der Waals surface area contributed by atoms with Gasteiger partial charge in [0.05, 0.1) is 6.61 Å². The largest absolute Gasteiger partial charge is 0.494 e. The van der Waals surface area contributed by atoms with Gasteiger partial charge in [0.2, 0.25) is 0 Å². The van der Waals surface area contributed by atoms with E-state index in [0.717, 1.165) is 48.4 Å². The summed E-state index contributed by atoms with van der Waals surface area (Å²) in [5.74, 6) is 3.63. The lowest BCUT2D eigenvalue weighted by Gasteiger charge is -2.31. The molecule has 1 saturated carbocycles. The number of benzene rings is 1. The number of aryl methyl sites for hydroxylation is 1. The number of nitrogens with zero attached hydrogens (tertiary/aromatic N) is 2. The lowest BCUT2D eigenvalue weighted by atomic mass is 9.75. The van der Waals surface area contributed by atoms with Gasteiger partial charge in [0.1, 0.15) is 5.75 Å². The van der Waals surface area contributed by atoms with E-state index < -0.39 is 0 Å². The quantitative estimate of drug-likeness (QED) is 0.279. The molecule has 0 N–H and O–H groups in total. The zero-order valence-electron chi connectivity index (χ0n) is 20.5. The second-order valence-electron chi connectivity index (χ2n) is 9.69. The van der Waals surface area contributed by atoms with Gasteiger partial charge in [-0.15, -0.1) is 0 Å². The summed E-state index contributed by atoms with van der Waals surface area (Å²) in [4.78, 5) is 9.18. The van der Waals surface area contributed by atoms with Crippen LogP contribution in [0.25, 0.3) is 11.4 Å². The predicted octanol–water partition coefficient (Wildman–Crippen LogP) is 8.42. The van der Waals surface area contributed by atoms with Gasteiger partial charge in [-0.3, -0.25) is 0 Å². The number of hydrogen-bond acceptors (Lipinski definition) is 3. The van der Waals surface area contributed by atoms with Crippen LogP contribution in [0.3, 0.4) is 0 Å². The highest BCUT2D eigenvalue weighted by Gasteiger charge is 2.23. The van der Waals surface area contributed by atoms with Gasteiger partial charge in [-0.05, 0) is 67.3 Å². The van der Waals surface area contributed by atoms with Crippen LogP contribution in [-0.2, 0) is 6.42 Å². The van der Waals surface area contributed by atoms with E-state index in [4.69, 9.17) is 4.74 Å². The van der Waals surface area contributed by atoms with Crippen molar-refractivity contribution >= 4 is 0 Å². The molecule has 176 valence electrons. The van der Waals surface area contributed by atoms with Crippen molar-refractivity contribution in [1.82, 2.24) is 9.97 Å². The van der Waals surface area contributed by atoms with Crippen molar-refractivity contribution in [2.45, 2.75) is 104 Å². The summed E-state index contributed by atoms with van der Waals surface area (Å²) in [6.07, 6.45) is 22.5. The van der Waals surface area contributed by atoms with Gasteiger partial charge in [-0.1, -0.05) is 78.1 Å². The summed E-state index contributed by atoms with van der Waals surface area (Å²) < 4.78 is 6.03. The lowest BCUT2D eigenvalue weighted by molar-refractivity contribution is 0.193. The molecule has 2 aromatic rings. The molecule has 0 aliphatic heterocycles. The molecule has 0 saturated heterocycles. The minimum absolute atomic E-state index is 0.797. The van der Waals surface area contributed by atoms with Gasteiger partial charge in [-0.25, -0.2) is 9.97 Å². The summed E-state index contributed by atoms with van der Waals surface area (Å²) >= 11 is 0. The molecule has 2 unspecified atom stereocenters. The highest BCUT2D eigenvalue weighted by molar-refractivity contribution is 5.55. The summed E-state index contributed by atoms with van der Waals surface area (Å²) in [6.45, 7) is 5.40. The van der Waals surface area contributed by atoms with E-state index in [1.807, 2.05) is 12.4 Å². The average Bonchev–Trinajstić information content (AvgIpc) is 2.84. The second-order valence-corrected chi connectivity index (χ2v) is 9.69. The van der Waals surface area contributed by atoms with Gasteiger partial charge < -0.3 is 4.74 Å². The maximum Gasteiger partial charge on any atom is 0.159 e.